The van der Waals surface area contributed by atoms with Crippen LogP contribution >= 0.6 is 0 Å². The van der Waals surface area contributed by atoms with E-state index in [0.29, 0.717) is 12.6 Å². The van der Waals surface area contributed by atoms with Gasteiger partial charge in [-0.2, -0.15) is 0 Å². The molecule has 0 radical (unpaired) electrons. The van der Waals surface area contributed by atoms with Gasteiger partial charge in [0.25, 0.3) is 0 Å². The van der Waals surface area contributed by atoms with Gasteiger partial charge in [-0.1, -0.05) is 33.1 Å². The first-order valence-corrected chi connectivity index (χ1v) is 6.99. The first-order valence-electron chi connectivity index (χ1n) is 6.99. The molecule has 1 N–H and O–H groups in total. The van der Waals surface area contributed by atoms with Gasteiger partial charge in [0, 0.05) is 12.6 Å². The lowest BCUT2D eigenvalue weighted by atomic mass is 9.73. The van der Waals surface area contributed by atoms with E-state index in [1.165, 1.54) is 6.42 Å². The highest BCUT2D eigenvalue weighted by Crippen LogP contribution is 2.37. The minimum Gasteiger partial charge on any atom is -0.481 e. The summed E-state index contributed by atoms with van der Waals surface area (Å²) in [7, 11) is 2.08. The second kappa shape index (κ2) is 6.39. The topological polar surface area (TPSA) is 40.5 Å². The zero-order chi connectivity index (χ0) is 12.9. The molecule has 0 amide bonds. The number of nitrogens with zero attached hydrogens (tertiary/aromatic N) is 1. The van der Waals surface area contributed by atoms with E-state index in [4.69, 9.17) is 0 Å². The Bertz CT molecular complexity index is 243. The first-order chi connectivity index (χ1) is 8.05. The summed E-state index contributed by atoms with van der Waals surface area (Å²) in [5, 5.41) is 9.54. The molecule has 3 nitrogen and oxygen atoms in total. The molecule has 0 aromatic rings. The van der Waals surface area contributed by atoms with Crippen LogP contribution in [-0.4, -0.2) is 35.6 Å². The van der Waals surface area contributed by atoms with Crippen LogP contribution in [0.4, 0.5) is 0 Å². The lowest BCUT2D eigenvalue weighted by Crippen LogP contribution is -2.46. The van der Waals surface area contributed by atoms with Crippen LogP contribution in [0.1, 0.15) is 58.8 Å². The van der Waals surface area contributed by atoms with Crippen LogP contribution in [0.5, 0.6) is 0 Å². The van der Waals surface area contributed by atoms with Crippen LogP contribution in [0, 0.1) is 5.41 Å². The predicted molar refractivity (Wildman–Crippen MR) is 70.2 cm³/mol. The van der Waals surface area contributed by atoms with E-state index in [9.17, 15) is 9.90 Å². The van der Waals surface area contributed by atoms with Gasteiger partial charge in [-0.05, 0) is 32.7 Å². The third-order valence-corrected chi connectivity index (χ3v) is 4.38. The van der Waals surface area contributed by atoms with Crippen LogP contribution in [0.2, 0.25) is 0 Å². The summed E-state index contributed by atoms with van der Waals surface area (Å²) >= 11 is 0. The number of hydrogen-bond acceptors (Lipinski definition) is 2. The van der Waals surface area contributed by atoms with Crippen LogP contribution in [-0.2, 0) is 4.79 Å². The van der Waals surface area contributed by atoms with Gasteiger partial charge < -0.3 is 10.0 Å². The summed E-state index contributed by atoms with van der Waals surface area (Å²) in [6, 6.07) is 0.521. The van der Waals surface area contributed by atoms with Crippen LogP contribution in [0.25, 0.3) is 0 Å². The fourth-order valence-corrected chi connectivity index (χ4v) is 3.19. The summed E-state index contributed by atoms with van der Waals surface area (Å²) < 4.78 is 0. The van der Waals surface area contributed by atoms with Crippen LogP contribution < -0.4 is 0 Å². The Labute approximate surface area is 105 Å². The lowest BCUT2D eigenvalue weighted by Gasteiger charge is -2.39. The molecule has 0 heterocycles. The molecule has 100 valence electrons. The van der Waals surface area contributed by atoms with Gasteiger partial charge >= 0.3 is 5.97 Å². The Morgan fingerprint density at radius 2 is 1.76 bits per heavy atom. The number of carboxylic acids is 1. The highest BCUT2D eigenvalue weighted by Gasteiger charge is 2.40. The van der Waals surface area contributed by atoms with Gasteiger partial charge in [0.2, 0.25) is 0 Å². The second-order valence-electron chi connectivity index (χ2n) is 5.53. The van der Waals surface area contributed by atoms with Gasteiger partial charge in [-0.3, -0.25) is 4.79 Å². The van der Waals surface area contributed by atoms with Gasteiger partial charge in [-0.15, -0.1) is 0 Å². The van der Waals surface area contributed by atoms with Crippen molar-refractivity contribution >= 4 is 5.97 Å². The number of carboxylic acid groups (broad SMARTS) is 1. The van der Waals surface area contributed by atoms with E-state index in [1.54, 1.807) is 0 Å². The summed E-state index contributed by atoms with van der Waals surface area (Å²) in [5.41, 5.74) is -0.477. The van der Waals surface area contributed by atoms with Gasteiger partial charge in [-0.25, -0.2) is 0 Å². The van der Waals surface area contributed by atoms with Crippen molar-refractivity contribution in [3.8, 4) is 0 Å². The van der Waals surface area contributed by atoms with E-state index < -0.39 is 11.4 Å². The molecule has 3 heteroatoms. The molecule has 17 heavy (non-hydrogen) atoms. The Balaban J connectivity index is 2.69. The SMILES string of the molecule is CCC(CC)N(C)CC1(C(=O)O)CCCCC1. The molecule has 1 fully saturated rings. The van der Waals surface area contributed by atoms with Crippen molar-refractivity contribution in [1.29, 1.82) is 0 Å². The third-order valence-electron chi connectivity index (χ3n) is 4.38. The van der Waals surface area contributed by atoms with Crippen LogP contribution in [0.3, 0.4) is 0 Å². The maximum Gasteiger partial charge on any atom is 0.310 e. The average molecular weight is 241 g/mol. The monoisotopic (exact) mass is 241 g/mol. The van der Waals surface area contributed by atoms with E-state index in [2.05, 4.69) is 25.8 Å². The Hall–Kier alpha value is -0.570. The number of hydrogen-bond donors (Lipinski definition) is 1. The molecule has 0 aromatic heterocycles. The van der Waals surface area contributed by atoms with Crippen LogP contribution in [0.15, 0.2) is 0 Å². The predicted octanol–water partition coefficient (Wildman–Crippen LogP) is 3.14. The van der Waals surface area contributed by atoms with Gasteiger partial charge in [0.15, 0.2) is 0 Å². The van der Waals surface area contributed by atoms with Gasteiger partial charge in [0.05, 0.1) is 5.41 Å². The normalized spacial score (nSPS) is 19.8. The van der Waals surface area contributed by atoms with E-state index in [1.807, 2.05) is 0 Å². The molecule has 1 aliphatic rings. The number of rotatable bonds is 6. The average Bonchev–Trinajstić information content (AvgIpc) is 2.31. The molecule has 0 unspecified atom stereocenters. The molecule has 1 aliphatic carbocycles. The molecular formula is C14H27NO2. The maximum atomic E-state index is 11.6. The molecule has 0 saturated heterocycles. The first kappa shape index (κ1) is 14.5. The fourth-order valence-electron chi connectivity index (χ4n) is 3.19. The van der Waals surface area contributed by atoms with Crippen molar-refractivity contribution in [3.63, 3.8) is 0 Å². The third kappa shape index (κ3) is 3.44. The number of carbonyl (C=O) groups is 1. The fraction of sp³-hybridized carbons (Fsp3) is 0.929. The van der Waals surface area contributed by atoms with Crippen molar-refractivity contribution in [2.75, 3.05) is 13.6 Å². The zero-order valence-corrected chi connectivity index (χ0v) is 11.5. The lowest BCUT2D eigenvalue weighted by molar-refractivity contribution is -0.152. The Morgan fingerprint density at radius 3 is 2.18 bits per heavy atom. The largest absolute Gasteiger partial charge is 0.481 e. The Morgan fingerprint density at radius 1 is 1.24 bits per heavy atom. The highest BCUT2D eigenvalue weighted by molar-refractivity contribution is 5.75. The highest BCUT2D eigenvalue weighted by atomic mass is 16.4. The van der Waals surface area contributed by atoms with Crippen molar-refractivity contribution in [1.82, 2.24) is 4.90 Å². The van der Waals surface area contributed by atoms with E-state index >= 15 is 0 Å². The molecular weight excluding hydrogens is 214 g/mol. The zero-order valence-electron chi connectivity index (χ0n) is 11.5. The quantitative estimate of drug-likeness (QED) is 0.776. The van der Waals surface area contributed by atoms with Crippen molar-refractivity contribution in [2.24, 2.45) is 5.41 Å². The molecule has 0 bridgehead atoms. The molecule has 0 aliphatic heterocycles. The second-order valence-corrected chi connectivity index (χ2v) is 5.53. The smallest absolute Gasteiger partial charge is 0.310 e. The van der Waals surface area contributed by atoms with Gasteiger partial charge in [0.1, 0.15) is 0 Å². The van der Waals surface area contributed by atoms with E-state index in [0.717, 1.165) is 38.5 Å². The molecule has 1 saturated carbocycles. The van der Waals surface area contributed by atoms with Crippen molar-refractivity contribution in [2.45, 2.75) is 64.8 Å². The van der Waals surface area contributed by atoms with Crippen molar-refractivity contribution < 1.29 is 9.90 Å². The Kier molecular flexibility index (Phi) is 5.44. The number of aliphatic carboxylic acids is 1. The summed E-state index contributed by atoms with van der Waals surface area (Å²) in [6.07, 6.45) is 7.25. The standard InChI is InChI=1S/C14H27NO2/c1-4-12(5-2)15(3)11-14(13(16)17)9-7-6-8-10-14/h12H,4-11H2,1-3H3,(H,16,17). The molecule has 0 aromatic carbocycles. The summed E-state index contributed by atoms with van der Waals surface area (Å²) in [6.45, 7) is 5.08. The summed E-state index contributed by atoms with van der Waals surface area (Å²) in [5.74, 6) is -0.588. The molecule has 0 spiro atoms. The molecule has 1 rings (SSSR count). The van der Waals surface area contributed by atoms with E-state index in [-0.39, 0.29) is 0 Å². The molecule has 0 atom stereocenters. The summed E-state index contributed by atoms with van der Waals surface area (Å²) in [4.78, 5) is 13.8. The van der Waals surface area contributed by atoms with Crippen molar-refractivity contribution in [3.05, 3.63) is 0 Å². The maximum absolute atomic E-state index is 11.6. The minimum atomic E-state index is -0.588. The minimum absolute atomic E-state index is 0.477.